The van der Waals surface area contributed by atoms with E-state index in [4.69, 9.17) is 23.2 Å². The summed E-state index contributed by atoms with van der Waals surface area (Å²) < 4.78 is 27.1. The SMILES string of the molecule is O=S(=O)(Nc1ccc2cccc(O)c2n1)c1ccc(Cl)c(Cl)c1. The summed E-state index contributed by atoms with van der Waals surface area (Å²) in [5.74, 6) is 0.0585. The molecule has 0 unspecified atom stereocenters. The molecule has 8 heteroatoms. The van der Waals surface area contributed by atoms with Crippen LogP contribution >= 0.6 is 23.2 Å². The number of sulfonamides is 1. The maximum absolute atomic E-state index is 12.4. The summed E-state index contributed by atoms with van der Waals surface area (Å²) in [5.41, 5.74) is 0.307. The van der Waals surface area contributed by atoms with Crippen LogP contribution in [0.3, 0.4) is 0 Å². The molecule has 0 saturated heterocycles. The van der Waals surface area contributed by atoms with Crippen LogP contribution in [-0.2, 0) is 10.0 Å². The van der Waals surface area contributed by atoms with Crippen LogP contribution in [0.15, 0.2) is 53.4 Å². The predicted molar refractivity (Wildman–Crippen MR) is 90.7 cm³/mol. The predicted octanol–water partition coefficient (Wildman–Crippen LogP) is 4.05. The molecule has 0 aliphatic heterocycles. The Labute approximate surface area is 142 Å². The van der Waals surface area contributed by atoms with Crippen LogP contribution in [-0.4, -0.2) is 18.5 Å². The number of aromatic hydroxyl groups is 1. The lowest BCUT2D eigenvalue weighted by Crippen LogP contribution is -2.13. The van der Waals surface area contributed by atoms with Crippen LogP contribution < -0.4 is 4.72 Å². The highest BCUT2D eigenvalue weighted by Gasteiger charge is 2.16. The first-order valence-corrected chi connectivity index (χ1v) is 8.67. The molecule has 0 fully saturated rings. The zero-order chi connectivity index (χ0) is 16.6. The summed E-state index contributed by atoms with van der Waals surface area (Å²) in [4.78, 5) is 4.09. The third kappa shape index (κ3) is 3.19. The number of aromatic nitrogens is 1. The Morgan fingerprint density at radius 1 is 1.00 bits per heavy atom. The Bertz CT molecular complexity index is 1010. The van der Waals surface area contributed by atoms with E-state index < -0.39 is 10.0 Å². The van der Waals surface area contributed by atoms with Crippen molar-refractivity contribution in [3.8, 4) is 5.75 Å². The number of halogens is 2. The minimum absolute atomic E-state index is 0.0296. The van der Waals surface area contributed by atoms with E-state index in [0.717, 1.165) is 0 Å². The van der Waals surface area contributed by atoms with E-state index in [1.807, 2.05) is 0 Å². The van der Waals surface area contributed by atoms with E-state index in [-0.39, 0.29) is 26.5 Å². The van der Waals surface area contributed by atoms with Crippen molar-refractivity contribution in [3.05, 3.63) is 58.6 Å². The second-order valence-corrected chi connectivity index (χ2v) is 7.22. The lowest BCUT2D eigenvalue weighted by molar-refractivity contribution is 0.480. The van der Waals surface area contributed by atoms with Gasteiger partial charge in [-0.15, -0.1) is 0 Å². The number of benzene rings is 2. The Hall–Kier alpha value is -2.02. The standard InChI is InChI=1S/C15H10Cl2N2O3S/c16-11-6-5-10(8-12(11)17)23(21,22)19-14-7-4-9-2-1-3-13(20)15(9)18-14/h1-8,20H,(H,18,19). The Morgan fingerprint density at radius 3 is 2.52 bits per heavy atom. The highest BCUT2D eigenvalue weighted by Crippen LogP contribution is 2.27. The smallest absolute Gasteiger partial charge is 0.263 e. The number of anilines is 1. The van der Waals surface area contributed by atoms with Gasteiger partial charge in [0.25, 0.3) is 10.0 Å². The molecule has 0 atom stereocenters. The zero-order valence-corrected chi connectivity index (χ0v) is 13.8. The average Bonchev–Trinajstić information content (AvgIpc) is 2.50. The summed E-state index contributed by atoms with van der Waals surface area (Å²) in [6.07, 6.45) is 0. The average molecular weight is 369 g/mol. The number of hydrogen-bond donors (Lipinski definition) is 2. The lowest BCUT2D eigenvalue weighted by Gasteiger charge is -2.09. The van der Waals surface area contributed by atoms with Crippen molar-refractivity contribution < 1.29 is 13.5 Å². The van der Waals surface area contributed by atoms with Crippen molar-refractivity contribution >= 4 is 49.9 Å². The van der Waals surface area contributed by atoms with E-state index in [1.54, 1.807) is 18.2 Å². The summed E-state index contributed by atoms with van der Waals surface area (Å²) >= 11 is 11.6. The first kappa shape index (κ1) is 15.9. The molecular weight excluding hydrogens is 359 g/mol. The second kappa shape index (κ2) is 5.88. The Kier molecular flexibility index (Phi) is 4.06. The van der Waals surface area contributed by atoms with Gasteiger partial charge in [-0.25, -0.2) is 13.4 Å². The summed E-state index contributed by atoms with van der Waals surface area (Å²) in [7, 11) is -3.87. The molecule has 1 aromatic heterocycles. The maximum Gasteiger partial charge on any atom is 0.263 e. The highest BCUT2D eigenvalue weighted by molar-refractivity contribution is 7.92. The number of rotatable bonds is 3. The van der Waals surface area contributed by atoms with Gasteiger partial charge in [0.2, 0.25) is 0 Å². The van der Waals surface area contributed by atoms with Crippen LogP contribution in [0, 0.1) is 0 Å². The molecule has 0 saturated carbocycles. The number of phenolic OH excluding ortho intramolecular Hbond substituents is 1. The Morgan fingerprint density at radius 2 is 1.78 bits per heavy atom. The topological polar surface area (TPSA) is 79.3 Å². The van der Waals surface area contributed by atoms with E-state index >= 15 is 0 Å². The molecule has 2 N–H and O–H groups in total. The molecule has 1 heterocycles. The number of pyridine rings is 1. The van der Waals surface area contributed by atoms with Crippen LogP contribution in [0.1, 0.15) is 0 Å². The number of hydrogen-bond acceptors (Lipinski definition) is 4. The molecular formula is C15H10Cl2N2O3S. The van der Waals surface area contributed by atoms with Crippen molar-refractivity contribution in [3.63, 3.8) is 0 Å². The second-order valence-electron chi connectivity index (χ2n) is 4.73. The van der Waals surface area contributed by atoms with Crippen molar-refractivity contribution in [2.45, 2.75) is 4.90 Å². The van der Waals surface area contributed by atoms with Crippen molar-refractivity contribution in [1.29, 1.82) is 0 Å². The van der Waals surface area contributed by atoms with Gasteiger partial charge < -0.3 is 5.11 Å². The van der Waals surface area contributed by atoms with Crippen LogP contribution in [0.25, 0.3) is 10.9 Å². The minimum atomic E-state index is -3.87. The number of nitrogens with one attached hydrogen (secondary N) is 1. The van der Waals surface area contributed by atoms with Gasteiger partial charge in [-0.2, -0.15) is 0 Å². The fourth-order valence-electron chi connectivity index (χ4n) is 2.03. The Balaban J connectivity index is 2.00. The summed E-state index contributed by atoms with van der Waals surface area (Å²) in [6.45, 7) is 0. The third-order valence-electron chi connectivity index (χ3n) is 3.14. The largest absolute Gasteiger partial charge is 0.506 e. The van der Waals surface area contributed by atoms with Crippen LogP contribution in [0.4, 0.5) is 5.82 Å². The number of para-hydroxylation sites is 1. The molecule has 0 radical (unpaired) electrons. The fourth-order valence-corrected chi connectivity index (χ4v) is 3.42. The van der Waals surface area contributed by atoms with Crippen molar-refractivity contribution in [2.75, 3.05) is 4.72 Å². The van der Waals surface area contributed by atoms with E-state index in [2.05, 4.69) is 9.71 Å². The van der Waals surface area contributed by atoms with E-state index in [1.165, 1.54) is 30.3 Å². The van der Waals surface area contributed by atoms with Gasteiger partial charge >= 0.3 is 0 Å². The molecule has 118 valence electrons. The molecule has 23 heavy (non-hydrogen) atoms. The number of phenols is 1. The van der Waals surface area contributed by atoms with Gasteiger partial charge in [-0.3, -0.25) is 4.72 Å². The molecule has 0 aliphatic rings. The maximum atomic E-state index is 12.4. The van der Waals surface area contributed by atoms with Gasteiger partial charge in [0.05, 0.1) is 14.9 Å². The fraction of sp³-hybridized carbons (Fsp3) is 0. The van der Waals surface area contributed by atoms with Crippen LogP contribution in [0.2, 0.25) is 10.0 Å². The van der Waals surface area contributed by atoms with E-state index in [0.29, 0.717) is 10.9 Å². The molecule has 0 aliphatic carbocycles. The van der Waals surface area contributed by atoms with Crippen LogP contribution in [0.5, 0.6) is 5.75 Å². The number of nitrogens with zero attached hydrogens (tertiary/aromatic N) is 1. The molecule has 0 spiro atoms. The quantitative estimate of drug-likeness (QED) is 0.730. The highest BCUT2D eigenvalue weighted by atomic mass is 35.5. The van der Waals surface area contributed by atoms with Crippen molar-refractivity contribution in [1.82, 2.24) is 4.98 Å². The third-order valence-corrected chi connectivity index (χ3v) is 5.23. The summed E-state index contributed by atoms with van der Waals surface area (Å²) in [6, 6.07) is 12.1. The van der Waals surface area contributed by atoms with Gasteiger partial charge in [-0.05, 0) is 36.4 Å². The molecule has 3 rings (SSSR count). The summed E-state index contributed by atoms with van der Waals surface area (Å²) in [5, 5.41) is 10.9. The van der Waals surface area contributed by atoms with Gasteiger partial charge in [0.15, 0.2) is 0 Å². The van der Waals surface area contributed by atoms with Gasteiger partial charge in [0.1, 0.15) is 17.1 Å². The molecule has 0 bridgehead atoms. The minimum Gasteiger partial charge on any atom is -0.506 e. The normalized spacial score (nSPS) is 11.6. The first-order chi connectivity index (χ1) is 10.9. The van der Waals surface area contributed by atoms with Crippen molar-refractivity contribution in [2.24, 2.45) is 0 Å². The molecule has 2 aromatic carbocycles. The molecule has 5 nitrogen and oxygen atoms in total. The van der Waals surface area contributed by atoms with Gasteiger partial charge in [-0.1, -0.05) is 35.3 Å². The molecule has 0 amide bonds. The zero-order valence-electron chi connectivity index (χ0n) is 11.5. The number of fused-ring (bicyclic) bond motifs is 1. The first-order valence-electron chi connectivity index (χ1n) is 6.43. The lowest BCUT2D eigenvalue weighted by atomic mass is 10.2. The molecule has 3 aromatic rings. The van der Waals surface area contributed by atoms with Gasteiger partial charge in [0, 0.05) is 5.39 Å². The van der Waals surface area contributed by atoms with E-state index in [9.17, 15) is 13.5 Å². The monoisotopic (exact) mass is 368 g/mol.